The Bertz CT molecular complexity index is 452. The molecule has 0 rings (SSSR count). The average Bonchev–Trinajstić information content (AvgIpc) is 2.61. The van der Waals surface area contributed by atoms with E-state index in [0.717, 1.165) is 19.3 Å². The fourth-order valence-electron chi connectivity index (χ4n) is 2.63. The maximum absolute atomic E-state index is 11.3. The standard InChI is InChI=1S/C21H40O2.H2O4S/c1-3-5-6-7-8-9-10-11-12-13-14-15-16-17-18-19-21(22)23-20-4-2;1-5(2,3)4/h11-12H,3-10,13-20H2,1-2H3;(H2,1,2,3,4)/b12-11-;. The second-order valence-corrected chi connectivity index (χ2v) is 7.90. The van der Waals surface area contributed by atoms with Gasteiger partial charge in [0.05, 0.1) is 6.61 Å². The lowest BCUT2D eigenvalue weighted by Crippen LogP contribution is -2.04. The Morgan fingerprint density at radius 3 is 1.64 bits per heavy atom. The quantitative estimate of drug-likeness (QED) is 0.123. The van der Waals surface area contributed by atoms with Gasteiger partial charge in [-0.05, 0) is 38.5 Å². The third kappa shape index (κ3) is 36.1. The lowest BCUT2D eigenvalue weighted by Gasteiger charge is -2.03. The van der Waals surface area contributed by atoms with Gasteiger partial charge in [0, 0.05) is 6.42 Å². The highest BCUT2D eigenvalue weighted by atomic mass is 32.3. The van der Waals surface area contributed by atoms with Gasteiger partial charge in [0.1, 0.15) is 0 Å². The van der Waals surface area contributed by atoms with Crippen LogP contribution in [0.4, 0.5) is 0 Å². The van der Waals surface area contributed by atoms with Crippen LogP contribution in [0.5, 0.6) is 0 Å². The SMILES string of the molecule is CCCCCCCC/C=C\CCCCCCCC(=O)OCCC.O=S(=O)(O)O. The summed E-state index contributed by atoms with van der Waals surface area (Å²) in [5, 5.41) is 0. The summed E-state index contributed by atoms with van der Waals surface area (Å²) < 4.78 is 36.6. The summed E-state index contributed by atoms with van der Waals surface area (Å²) >= 11 is 0. The third-order valence-electron chi connectivity index (χ3n) is 4.11. The first-order chi connectivity index (χ1) is 13.3. The van der Waals surface area contributed by atoms with Crippen LogP contribution in [-0.2, 0) is 19.9 Å². The molecule has 0 saturated heterocycles. The molecular formula is C21H42O6S. The Labute approximate surface area is 172 Å². The first-order valence-electron chi connectivity index (χ1n) is 10.8. The highest BCUT2D eigenvalue weighted by molar-refractivity contribution is 7.79. The molecule has 0 saturated carbocycles. The Morgan fingerprint density at radius 1 is 0.750 bits per heavy atom. The van der Waals surface area contributed by atoms with Crippen molar-refractivity contribution in [3.05, 3.63) is 12.2 Å². The molecule has 2 N–H and O–H groups in total. The molecule has 0 spiro atoms. The molecule has 0 aromatic heterocycles. The van der Waals surface area contributed by atoms with Crippen LogP contribution in [0.15, 0.2) is 12.2 Å². The highest BCUT2D eigenvalue weighted by Gasteiger charge is 2.01. The van der Waals surface area contributed by atoms with Gasteiger partial charge >= 0.3 is 16.4 Å². The molecule has 0 aliphatic rings. The van der Waals surface area contributed by atoms with Crippen LogP contribution in [0, 0.1) is 0 Å². The van der Waals surface area contributed by atoms with E-state index in [1.165, 1.54) is 70.6 Å². The largest absolute Gasteiger partial charge is 0.466 e. The highest BCUT2D eigenvalue weighted by Crippen LogP contribution is 2.10. The van der Waals surface area contributed by atoms with E-state index in [0.29, 0.717) is 13.0 Å². The number of rotatable bonds is 17. The van der Waals surface area contributed by atoms with Crippen molar-refractivity contribution in [2.75, 3.05) is 6.61 Å². The number of carbonyl (C=O) groups excluding carboxylic acids is 1. The molecule has 0 atom stereocenters. The number of esters is 1. The van der Waals surface area contributed by atoms with Crippen molar-refractivity contribution in [1.29, 1.82) is 0 Å². The lowest BCUT2D eigenvalue weighted by molar-refractivity contribution is -0.143. The van der Waals surface area contributed by atoms with Crippen LogP contribution in [-0.4, -0.2) is 30.1 Å². The number of hydrogen-bond acceptors (Lipinski definition) is 4. The molecular weight excluding hydrogens is 380 g/mol. The summed E-state index contributed by atoms with van der Waals surface area (Å²) in [7, 11) is -4.67. The number of carbonyl (C=O) groups is 1. The third-order valence-corrected chi connectivity index (χ3v) is 4.11. The molecule has 0 bridgehead atoms. The molecule has 6 nitrogen and oxygen atoms in total. The number of hydrogen-bond donors (Lipinski definition) is 2. The predicted molar refractivity (Wildman–Crippen MR) is 115 cm³/mol. The zero-order valence-corrected chi connectivity index (χ0v) is 18.7. The van der Waals surface area contributed by atoms with E-state index in [1.807, 2.05) is 6.92 Å². The Morgan fingerprint density at radius 2 is 1.18 bits per heavy atom. The van der Waals surface area contributed by atoms with E-state index >= 15 is 0 Å². The normalized spacial score (nSPS) is 11.3. The summed E-state index contributed by atoms with van der Waals surface area (Å²) in [6.07, 6.45) is 23.0. The van der Waals surface area contributed by atoms with E-state index < -0.39 is 10.4 Å². The van der Waals surface area contributed by atoms with Gasteiger partial charge < -0.3 is 4.74 Å². The zero-order valence-electron chi connectivity index (χ0n) is 17.9. The minimum atomic E-state index is -4.67. The van der Waals surface area contributed by atoms with Crippen LogP contribution >= 0.6 is 0 Å². The van der Waals surface area contributed by atoms with E-state index in [1.54, 1.807) is 0 Å². The van der Waals surface area contributed by atoms with Crippen molar-refractivity contribution in [1.82, 2.24) is 0 Å². The smallest absolute Gasteiger partial charge is 0.394 e. The summed E-state index contributed by atoms with van der Waals surface area (Å²) in [5.74, 6) is -0.0236. The van der Waals surface area contributed by atoms with Crippen molar-refractivity contribution in [3.63, 3.8) is 0 Å². The van der Waals surface area contributed by atoms with Gasteiger partial charge in [-0.1, -0.05) is 77.4 Å². The Hall–Kier alpha value is -0.920. The Balaban J connectivity index is 0. The van der Waals surface area contributed by atoms with Crippen molar-refractivity contribution >= 4 is 16.4 Å². The van der Waals surface area contributed by atoms with E-state index in [9.17, 15) is 4.79 Å². The van der Waals surface area contributed by atoms with Gasteiger partial charge in [-0.25, -0.2) is 0 Å². The number of allylic oxidation sites excluding steroid dienone is 2. The topological polar surface area (TPSA) is 101 Å². The summed E-state index contributed by atoms with van der Waals surface area (Å²) in [4.78, 5) is 11.3. The first kappa shape index (κ1) is 29.3. The minimum absolute atomic E-state index is 0.0236. The second-order valence-electron chi connectivity index (χ2n) is 7.00. The maximum Gasteiger partial charge on any atom is 0.394 e. The van der Waals surface area contributed by atoms with Gasteiger partial charge in [0.15, 0.2) is 0 Å². The molecule has 168 valence electrons. The fraction of sp³-hybridized carbons (Fsp3) is 0.857. The van der Waals surface area contributed by atoms with Gasteiger partial charge in [0.25, 0.3) is 0 Å². The lowest BCUT2D eigenvalue weighted by atomic mass is 10.1. The van der Waals surface area contributed by atoms with Crippen LogP contribution in [0.1, 0.15) is 110 Å². The van der Waals surface area contributed by atoms with Gasteiger partial charge in [-0.3, -0.25) is 13.9 Å². The molecule has 0 amide bonds. The Kier molecular flexibility index (Phi) is 23.4. The molecule has 0 aromatic carbocycles. The molecule has 0 aliphatic heterocycles. The molecule has 0 fully saturated rings. The second kappa shape index (κ2) is 22.4. The van der Waals surface area contributed by atoms with Crippen LogP contribution in [0.25, 0.3) is 0 Å². The van der Waals surface area contributed by atoms with E-state index in [4.69, 9.17) is 22.3 Å². The van der Waals surface area contributed by atoms with E-state index in [-0.39, 0.29) is 5.97 Å². The van der Waals surface area contributed by atoms with Crippen LogP contribution in [0.2, 0.25) is 0 Å². The number of unbranched alkanes of at least 4 members (excludes halogenated alkanes) is 11. The molecule has 7 heteroatoms. The summed E-state index contributed by atoms with van der Waals surface area (Å²) in [6, 6.07) is 0. The van der Waals surface area contributed by atoms with Crippen molar-refractivity contribution in [3.8, 4) is 0 Å². The van der Waals surface area contributed by atoms with Gasteiger partial charge in [-0.15, -0.1) is 0 Å². The summed E-state index contributed by atoms with van der Waals surface area (Å²) in [5.41, 5.74) is 0. The fourth-order valence-corrected chi connectivity index (χ4v) is 2.63. The summed E-state index contributed by atoms with van der Waals surface area (Å²) in [6.45, 7) is 4.86. The molecule has 0 radical (unpaired) electrons. The predicted octanol–water partition coefficient (Wildman–Crippen LogP) is 6.32. The molecule has 28 heavy (non-hydrogen) atoms. The zero-order chi connectivity index (χ0) is 21.5. The monoisotopic (exact) mass is 422 g/mol. The minimum Gasteiger partial charge on any atom is -0.466 e. The van der Waals surface area contributed by atoms with Crippen molar-refractivity contribution < 1.29 is 27.1 Å². The van der Waals surface area contributed by atoms with Crippen molar-refractivity contribution in [2.45, 2.75) is 110 Å². The molecule has 0 unspecified atom stereocenters. The van der Waals surface area contributed by atoms with Crippen molar-refractivity contribution in [2.24, 2.45) is 0 Å². The van der Waals surface area contributed by atoms with E-state index in [2.05, 4.69) is 19.1 Å². The molecule has 0 aliphatic carbocycles. The van der Waals surface area contributed by atoms with Crippen LogP contribution in [0.3, 0.4) is 0 Å². The first-order valence-corrected chi connectivity index (χ1v) is 12.2. The molecule has 0 heterocycles. The maximum atomic E-state index is 11.3. The van der Waals surface area contributed by atoms with Gasteiger partial charge in [-0.2, -0.15) is 8.42 Å². The number of ether oxygens (including phenoxy) is 1. The van der Waals surface area contributed by atoms with Gasteiger partial charge in [0.2, 0.25) is 0 Å². The average molecular weight is 423 g/mol. The molecule has 0 aromatic rings. The van der Waals surface area contributed by atoms with Crippen LogP contribution < -0.4 is 0 Å².